The van der Waals surface area contributed by atoms with Crippen molar-refractivity contribution < 1.29 is 24.0 Å². The first-order chi connectivity index (χ1) is 17.4. The highest BCUT2D eigenvalue weighted by molar-refractivity contribution is 6.25. The molecule has 1 atom stereocenters. The number of anilines is 1. The molecule has 0 spiro atoms. The minimum absolute atomic E-state index is 0. The molecule has 13 heteroatoms. The maximum atomic E-state index is 13.4. The van der Waals surface area contributed by atoms with E-state index >= 15 is 0 Å². The lowest BCUT2D eigenvalue weighted by atomic mass is 10.0. The Balaban J connectivity index is 0.00000320. The van der Waals surface area contributed by atoms with Gasteiger partial charge in [-0.25, -0.2) is 4.79 Å². The summed E-state index contributed by atoms with van der Waals surface area (Å²) in [7, 11) is 0. The zero-order valence-corrected chi connectivity index (χ0v) is 21.4. The number of hydrogen-bond acceptors (Lipinski definition) is 8. The molecule has 3 saturated heterocycles. The number of piperazine rings is 2. The summed E-state index contributed by atoms with van der Waals surface area (Å²) >= 11 is 0. The Bertz CT molecular complexity index is 1100. The second-order valence-corrected chi connectivity index (χ2v) is 9.52. The molecule has 3 fully saturated rings. The van der Waals surface area contributed by atoms with Gasteiger partial charge in [-0.2, -0.15) is 0 Å². The lowest BCUT2D eigenvalue weighted by Crippen LogP contribution is -2.57. The number of carbonyl (C=O) groups excluding carboxylic acids is 5. The number of rotatable bonds is 4. The molecule has 4 aliphatic rings. The highest BCUT2D eigenvalue weighted by Gasteiger charge is 2.46. The molecule has 12 nitrogen and oxygen atoms in total. The fourth-order valence-corrected chi connectivity index (χ4v) is 5.44. The van der Waals surface area contributed by atoms with Crippen molar-refractivity contribution >= 4 is 47.8 Å². The van der Waals surface area contributed by atoms with Crippen molar-refractivity contribution in [2.45, 2.75) is 18.9 Å². The molecule has 1 unspecified atom stereocenters. The number of fused-ring (bicyclic) bond motifs is 1. The van der Waals surface area contributed by atoms with E-state index in [1.165, 1.54) is 0 Å². The van der Waals surface area contributed by atoms with Gasteiger partial charge in [0.05, 0.1) is 16.8 Å². The second-order valence-electron chi connectivity index (χ2n) is 9.52. The maximum absolute atomic E-state index is 13.4. The van der Waals surface area contributed by atoms with Gasteiger partial charge < -0.3 is 20.4 Å². The van der Waals surface area contributed by atoms with Crippen LogP contribution in [0.1, 0.15) is 33.6 Å². The summed E-state index contributed by atoms with van der Waals surface area (Å²) in [4.78, 5) is 72.4. The number of imide groups is 2. The zero-order valence-electron chi connectivity index (χ0n) is 20.6. The molecule has 3 N–H and O–H groups in total. The molecule has 0 bridgehead atoms. The Morgan fingerprint density at radius 3 is 2.19 bits per heavy atom. The number of nitrogens with zero attached hydrogens (tertiary/aromatic N) is 5. The average molecular weight is 534 g/mol. The van der Waals surface area contributed by atoms with Gasteiger partial charge in [-0.1, -0.05) is 6.07 Å². The molecular formula is C24H32ClN7O5. The Kier molecular flexibility index (Phi) is 8.00. The summed E-state index contributed by atoms with van der Waals surface area (Å²) < 4.78 is 0. The van der Waals surface area contributed by atoms with Crippen molar-refractivity contribution in [2.75, 3.05) is 70.3 Å². The van der Waals surface area contributed by atoms with Crippen molar-refractivity contribution in [1.82, 2.24) is 24.9 Å². The Morgan fingerprint density at radius 1 is 0.919 bits per heavy atom. The van der Waals surface area contributed by atoms with Crippen LogP contribution in [0.3, 0.4) is 0 Å². The highest BCUT2D eigenvalue weighted by atomic mass is 35.5. The topological polar surface area (TPSA) is 140 Å². The van der Waals surface area contributed by atoms with E-state index in [1.807, 2.05) is 14.7 Å². The lowest BCUT2D eigenvalue weighted by Gasteiger charge is -2.41. The highest BCUT2D eigenvalue weighted by Crippen LogP contribution is 2.34. The van der Waals surface area contributed by atoms with E-state index in [-0.39, 0.29) is 42.4 Å². The van der Waals surface area contributed by atoms with Crippen LogP contribution in [0.15, 0.2) is 18.2 Å². The monoisotopic (exact) mass is 533 g/mol. The molecule has 37 heavy (non-hydrogen) atoms. The van der Waals surface area contributed by atoms with Crippen molar-refractivity contribution in [3.8, 4) is 0 Å². The Morgan fingerprint density at radius 2 is 1.57 bits per heavy atom. The molecule has 0 saturated carbocycles. The van der Waals surface area contributed by atoms with Gasteiger partial charge in [0.2, 0.25) is 11.8 Å². The SMILES string of the molecule is Cl.NCCN1CCN(C(=O)N2CCN(c3cccc4c3C(=O)N(C3CCC(=O)NC3=O)C4=O)CC2)CC1. The van der Waals surface area contributed by atoms with Crippen LogP contribution >= 0.6 is 12.4 Å². The first kappa shape index (κ1) is 26.8. The van der Waals surface area contributed by atoms with E-state index in [0.717, 1.165) is 24.5 Å². The number of hydrogen-bond donors (Lipinski definition) is 2. The summed E-state index contributed by atoms with van der Waals surface area (Å²) in [5.41, 5.74) is 6.80. The Labute approximate surface area is 221 Å². The maximum Gasteiger partial charge on any atom is 0.320 e. The van der Waals surface area contributed by atoms with Crippen LogP contribution in [-0.2, 0) is 9.59 Å². The first-order valence-corrected chi connectivity index (χ1v) is 12.4. The predicted octanol–water partition coefficient (Wildman–Crippen LogP) is -0.672. The summed E-state index contributed by atoms with van der Waals surface area (Å²) in [6.45, 7) is 6.50. The van der Waals surface area contributed by atoms with Crippen molar-refractivity contribution in [3.63, 3.8) is 0 Å². The molecule has 1 aromatic carbocycles. The number of piperidine rings is 1. The molecule has 6 amide bonds. The van der Waals surface area contributed by atoms with E-state index in [9.17, 15) is 24.0 Å². The van der Waals surface area contributed by atoms with E-state index in [4.69, 9.17) is 5.73 Å². The van der Waals surface area contributed by atoms with Crippen molar-refractivity contribution in [1.29, 1.82) is 0 Å². The van der Waals surface area contributed by atoms with Crippen LogP contribution in [0.2, 0.25) is 0 Å². The summed E-state index contributed by atoms with van der Waals surface area (Å²) in [5, 5.41) is 2.22. The number of urea groups is 1. The third-order valence-corrected chi connectivity index (χ3v) is 7.43. The second kappa shape index (κ2) is 11.0. The molecule has 5 rings (SSSR count). The van der Waals surface area contributed by atoms with Crippen LogP contribution in [0, 0.1) is 0 Å². The summed E-state index contributed by atoms with van der Waals surface area (Å²) in [5.74, 6) is -2.07. The van der Waals surface area contributed by atoms with Crippen LogP contribution in [0.5, 0.6) is 0 Å². The molecule has 0 aromatic heterocycles. The van der Waals surface area contributed by atoms with Gasteiger partial charge in [0.25, 0.3) is 11.8 Å². The molecule has 1 aromatic rings. The normalized spacial score (nSPS) is 22.7. The molecule has 0 aliphatic carbocycles. The largest absolute Gasteiger partial charge is 0.367 e. The quantitative estimate of drug-likeness (QED) is 0.486. The van der Waals surface area contributed by atoms with Crippen molar-refractivity contribution in [2.24, 2.45) is 5.73 Å². The fraction of sp³-hybridized carbons (Fsp3) is 0.542. The van der Waals surface area contributed by atoms with E-state index in [2.05, 4.69) is 10.2 Å². The zero-order chi connectivity index (χ0) is 25.4. The smallest absolute Gasteiger partial charge is 0.320 e. The molecule has 200 valence electrons. The molecule has 4 heterocycles. The van der Waals surface area contributed by atoms with E-state index < -0.39 is 29.7 Å². The van der Waals surface area contributed by atoms with Gasteiger partial charge in [-0.3, -0.25) is 34.3 Å². The van der Waals surface area contributed by atoms with Crippen LogP contribution in [-0.4, -0.2) is 121 Å². The number of carbonyl (C=O) groups is 5. The minimum atomic E-state index is -0.997. The number of halogens is 1. The predicted molar refractivity (Wildman–Crippen MR) is 137 cm³/mol. The van der Waals surface area contributed by atoms with E-state index in [1.54, 1.807) is 18.2 Å². The van der Waals surface area contributed by atoms with Gasteiger partial charge >= 0.3 is 6.03 Å². The van der Waals surface area contributed by atoms with Crippen LogP contribution in [0.25, 0.3) is 0 Å². The molecule has 0 radical (unpaired) electrons. The number of benzene rings is 1. The summed E-state index contributed by atoms with van der Waals surface area (Å²) in [6, 6.07) is 4.14. The first-order valence-electron chi connectivity index (χ1n) is 12.4. The number of amides is 6. The van der Waals surface area contributed by atoms with Crippen LogP contribution < -0.4 is 16.0 Å². The van der Waals surface area contributed by atoms with E-state index in [0.29, 0.717) is 51.5 Å². The standard InChI is InChI=1S/C24H31N7O5.ClH/c25-6-7-27-8-10-29(11-9-27)24(36)30-14-12-28(13-15-30)17-3-1-2-16-20(17)23(35)31(22(16)34)18-4-5-19(32)26-21(18)33;/h1-3,18H,4-15,25H2,(H,26,32,33);1H. The third kappa shape index (κ3) is 5.00. The minimum Gasteiger partial charge on any atom is -0.367 e. The average Bonchev–Trinajstić information content (AvgIpc) is 3.14. The van der Waals surface area contributed by atoms with Crippen molar-refractivity contribution in [3.05, 3.63) is 29.3 Å². The molecular weight excluding hydrogens is 502 g/mol. The van der Waals surface area contributed by atoms with Gasteiger partial charge in [0, 0.05) is 71.9 Å². The van der Waals surface area contributed by atoms with Gasteiger partial charge in [0.15, 0.2) is 0 Å². The molecule has 4 aliphatic heterocycles. The van der Waals surface area contributed by atoms with Gasteiger partial charge in [-0.15, -0.1) is 12.4 Å². The lowest BCUT2D eigenvalue weighted by molar-refractivity contribution is -0.136. The Hall–Kier alpha value is -3.22. The number of nitrogens with two attached hydrogens (primary N) is 1. The van der Waals surface area contributed by atoms with Gasteiger partial charge in [-0.05, 0) is 18.6 Å². The van der Waals surface area contributed by atoms with Crippen LogP contribution in [0.4, 0.5) is 10.5 Å². The third-order valence-electron chi connectivity index (χ3n) is 7.43. The fourth-order valence-electron chi connectivity index (χ4n) is 5.44. The van der Waals surface area contributed by atoms with Gasteiger partial charge in [0.1, 0.15) is 6.04 Å². The summed E-state index contributed by atoms with van der Waals surface area (Å²) in [6.07, 6.45) is 0.196. The number of nitrogens with one attached hydrogen (secondary N) is 1.